The average Bonchev–Trinajstić information content (AvgIpc) is 2.42. The molecule has 4 heteroatoms. The summed E-state index contributed by atoms with van der Waals surface area (Å²) >= 11 is 3.45. The van der Waals surface area contributed by atoms with Crippen molar-refractivity contribution in [2.75, 3.05) is 0 Å². The largest absolute Gasteiger partial charge is 0.478 e. The molecule has 0 aromatic heterocycles. The standard InChI is InChI=1S/C17H17BrO3/c1-10(2)13-9-12(18)5-7-15(13)21-16-6-4-11(3)8-14(16)17(19)20/h4-10H,1-3H3,(H,19,20). The molecule has 0 aliphatic heterocycles. The molecule has 0 heterocycles. The molecule has 0 saturated heterocycles. The highest BCUT2D eigenvalue weighted by Gasteiger charge is 2.15. The predicted molar refractivity (Wildman–Crippen MR) is 86.4 cm³/mol. The minimum atomic E-state index is -0.989. The van der Waals surface area contributed by atoms with Crippen LogP contribution in [0.3, 0.4) is 0 Å². The highest BCUT2D eigenvalue weighted by atomic mass is 79.9. The summed E-state index contributed by atoms with van der Waals surface area (Å²) in [6.45, 7) is 6.00. The highest BCUT2D eigenvalue weighted by molar-refractivity contribution is 9.10. The van der Waals surface area contributed by atoms with E-state index in [1.54, 1.807) is 12.1 Å². The van der Waals surface area contributed by atoms with Crippen LogP contribution in [-0.4, -0.2) is 11.1 Å². The van der Waals surface area contributed by atoms with E-state index in [-0.39, 0.29) is 11.5 Å². The minimum absolute atomic E-state index is 0.174. The van der Waals surface area contributed by atoms with Crippen LogP contribution in [0.5, 0.6) is 11.5 Å². The van der Waals surface area contributed by atoms with Crippen LogP contribution in [0.4, 0.5) is 0 Å². The van der Waals surface area contributed by atoms with Gasteiger partial charge in [-0.1, -0.05) is 41.4 Å². The average molecular weight is 349 g/mol. The first-order valence-electron chi connectivity index (χ1n) is 6.69. The molecule has 110 valence electrons. The summed E-state index contributed by atoms with van der Waals surface area (Å²) in [5, 5.41) is 9.30. The van der Waals surface area contributed by atoms with Crippen molar-refractivity contribution in [1.29, 1.82) is 0 Å². The topological polar surface area (TPSA) is 46.5 Å². The van der Waals surface area contributed by atoms with Gasteiger partial charge in [0.15, 0.2) is 0 Å². The molecule has 0 radical (unpaired) electrons. The van der Waals surface area contributed by atoms with Crippen molar-refractivity contribution in [2.45, 2.75) is 26.7 Å². The zero-order valence-corrected chi connectivity index (χ0v) is 13.8. The van der Waals surface area contributed by atoms with Gasteiger partial charge >= 0.3 is 5.97 Å². The smallest absolute Gasteiger partial charge is 0.339 e. The van der Waals surface area contributed by atoms with Crippen LogP contribution in [-0.2, 0) is 0 Å². The number of hydrogen-bond donors (Lipinski definition) is 1. The molecule has 0 bridgehead atoms. The molecule has 21 heavy (non-hydrogen) atoms. The number of carboxylic acids is 1. The Balaban J connectivity index is 2.46. The molecule has 0 aliphatic carbocycles. The second-order valence-corrected chi connectivity index (χ2v) is 6.16. The summed E-state index contributed by atoms with van der Waals surface area (Å²) in [5.74, 6) is 0.324. The van der Waals surface area contributed by atoms with E-state index < -0.39 is 5.97 Å². The molecule has 0 atom stereocenters. The minimum Gasteiger partial charge on any atom is -0.478 e. The zero-order valence-electron chi connectivity index (χ0n) is 12.2. The Hall–Kier alpha value is -1.81. The van der Waals surface area contributed by atoms with Crippen LogP contribution in [0, 0.1) is 6.92 Å². The van der Waals surface area contributed by atoms with Crippen LogP contribution >= 0.6 is 15.9 Å². The van der Waals surface area contributed by atoms with E-state index in [1.807, 2.05) is 31.2 Å². The van der Waals surface area contributed by atoms with Crippen LogP contribution < -0.4 is 4.74 Å². The first-order valence-corrected chi connectivity index (χ1v) is 7.49. The third kappa shape index (κ3) is 3.64. The first-order chi connectivity index (χ1) is 9.88. The van der Waals surface area contributed by atoms with E-state index in [4.69, 9.17) is 4.74 Å². The van der Waals surface area contributed by atoms with Gasteiger partial charge < -0.3 is 9.84 Å². The van der Waals surface area contributed by atoms with E-state index in [9.17, 15) is 9.90 Å². The summed E-state index contributed by atoms with van der Waals surface area (Å²) in [6.07, 6.45) is 0. The number of aromatic carboxylic acids is 1. The first kappa shape index (κ1) is 15.6. The molecular weight excluding hydrogens is 332 g/mol. The lowest BCUT2D eigenvalue weighted by molar-refractivity contribution is 0.0694. The molecule has 0 aliphatic rings. The van der Waals surface area contributed by atoms with E-state index in [0.29, 0.717) is 11.5 Å². The Kier molecular flexibility index (Phi) is 4.68. The van der Waals surface area contributed by atoms with E-state index in [1.165, 1.54) is 0 Å². The van der Waals surface area contributed by atoms with Gasteiger partial charge in [0.1, 0.15) is 17.1 Å². The third-order valence-electron chi connectivity index (χ3n) is 3.18. The van der Waals surface area contributed by atoms with Crippen molar-refractivity contribution in [3.63, 3.8) is 0 Å². The number of benzene rings is 2. The fourth-order valence-electron chi connectivity index (χ4n) is 2.08. The van der Waals surface area contributed by atoms with E-state index >= 15 is 0 Å². The van der Waals surface area contributed by atoms with Gasteiger partial charge in [0.2, 0.25) is 0 Å². The van der Waals surface area contributed by atoms with Crippen LogP contribution in [0.15, 0.2) is 40.9 Å². The van der Waals surface area contributed by atoms with Crippen molar-refractivity contribution in [1.82, 2.24) is 0 Å². The van der Waals surface area contributed by atoms with E-state index in [0.717, 1.165) is 15.6 Å². The van der Waals surface area contributed by atoms with Gasteiger partial charge in [-0.2, -0.15) is 0 Å². The Labute approximate surface area is 132 Å². The number of rotatable bonds is 4. The molecule has 1 N–H and O–H groups in total. The van der Waals surface area contributed by atoms with Gasteiger partial charge in [0.25, 0.3) is 0 Å². The normalized spacial score (nSPS) is 10.7. The lowest BCUT2D eigenvalue weighted by Crippen LogP contribution is -2.02. The van der Waals surface area contributed by atoms with Gasteiger partial charge in [-0.05, 0) is 48.7 Å². The fourth-order valence-corrected chi connectivity index (χ4v) is 2.46. The van der Waals surface area contributed by atoms with Gasteiger partial charge in [-0.3, -0.25) is 0 Å². The molecule has 2 rings (SSSR count). The molecule has 2 aromatic rings. The second kappa shape index (κ2) is 6.31. The molecular formula is C17H17BrO3. The van der Waals surface area contributed by atoms with Crippen LogP contribution in [0.2, 0.25) is 0 Å². The number of hydrogen-bond acceptors (Lipinski definition) is 2. The maximum atomic E-state index is 11.3. The van der Waals surface area contributed by atoms with Crippen molar-refractivity contribution >= 4 is 21.9 Å². The number of halogens is 1. The maximum absolute atomic E-state index is 11.3. The number of aryl methyl sites for hydroxylation is 1. The second-order valence-electron chi connectivity index (χ2n) is 5.24. The maximum Gasteiger partial charge on any atom is 0.339 e. The Morgan fingerprint density at radius 3 is 2.43 bits per heavy atom. The summed E-state index contributed by atoms with van der Waals surface area (Å²) in [5.41, 5.74) is 2.09. The molecule has 0 saturated carbocycles. The molecule has 3 nitrogen and oxygen atoms in total. The molecule has 0 unspecified atom stereocenters. The lowest BCUT2D eigenvalue weighted by Gasteiger charge is -2.15. The van der Waals surface area contributed by atoms with Gasteiger partial charge in [0.05, 0.1) is 0 Å². The summed E-state index contributed by atoms with van der Waals surface area (Å²) in [6, 6.07) is 10.9. The molecule has 0 spiro atoms. The highest BCUT2D eigenvalue weighted by Crippen LogP contribution is 2.34. The van der Waals surface area contributed by atoms with Crippen molar-refractivity contribution in [2.24, 2.45) is 0 Å². The van der Waals surface area contributed by atoms with Gasteiger partial charge in [-0.25, -0.2) is 4.79 Å². The Morgan fingerprint density at radius 1 is 1.14 bits per heavy atom. The zero-order chi connectivity index (χ0) is 15.6. The van der Waals surface area contributed by atoms with Gasteiger partial charge in [0, 0.05) is 4.47 Å². The Bertz CT molecular complexity index is 678. The molecule has 0 fully saturated rings. The number of ether oxygens (including phenoxy) is 1. The molecule has 0 amide bonds. The quantitative estimate of drug-likeness (QED) is 0.807. The monoisotopic (exact) mass is 348 g/mol. The Morgan fingerprint density at radius 2 is 1.81 bits per heavy atom. The number of carbonyl (C=O) groups is 1. The third-order valence-corrected chi connectivity index (χ3v) is 3.67. The van der Waals surface area contributed by atoms with Crippen molar-refractivity contribution in [3.8, 4) is 11.5 Å². The van der Waals surface area contributed by atoms with Crippen molar-refractivity contribution in [3.05, 3.63) is 57.6 Å². The fraction of sp³-hybridized carbons (Fsp3) is 0.235. The van der Waals surface area contributed by atoms with Crippen LogP contribution in [0.1, 0.15) is 41.3 Å². The number of carboxylic acid groups (broad SMARTS) is 1. The predicted octanol–water partition coefficient (Wildman–Crippen LogP) is 5.37. The summed E-state index contributed by atoms with van der Waals surface area (Å²) in [7, 11) is 0. The van der Waals surface area contributed by atoms with Crippen molar-refractivity contribution < 1.29 is 14.6 Å². The van der Waals surface area contributed by atoms with Gasteiger partial charge in [-0.15, -0.1) is 0 Å². The van der Waals surface area contributed by atoms with Crippen LogP contribution in [0.25, 0.3) is 0 Å². The SMILES string of the molecule is Cc1ccc(Oc2ccc(Br)cc2C(C)C)c(C(=O)O)c1. The summed E-state index contributed by atoms with van der Waals surface area (Å²) < 4.78 is 6.84. The van der Waals surface area contributed by atoms with E-state index in [2.05, 4.69) is 29.8 Å². The lowest BCUT2D eigenvalue weighted by atomic mass is 10.0. The molecule has 2 aromatic carbocycles. The summed E-state index contributed by atoms with van der Waals surface area (Å²) in [4.78, 5) is 11.3.